The maximum atomic E-state index is 14.1. The molecule has 0 aliphatic carbocycles. The van der Waals surface area contributed by atoms with Crippen LogP contribution in [0.25, 0.3) is 22.7 Å². The molecule has 0 spiro atoms. The molecule has 0 unspecified atom stereocenters. The van der Waals surface area contributed by atoms with Crippen LogP contribution < -0.4 is 11.4 Å². The molecule has 1 aromatic carbocycles. The van der Waals surface area contributed by atoms with Gasteiger partial charge in [0.05, 0.1) is 18.4 Å². The van der Waals surface area contributed by atoms with Crippen molar-refractivity contribution in [2.75, 3.05) is 0 Å². The van der Waals surface area contributed by atoms with Crippen LogP contribution in [0.2, 0.25) is 0 Å². The van der Waals surface area contributed by atoms with Crippen molar-refractivity contribution in [3.8, 4) is 11.6 Å². The van der Waals surface area contributed by atoms with Crippen LogP contribution in [0, 0.1) is 5.82 Å². The first-order valence-electron chi connectivity index (χ1n) is 9.54. The summed E-state index contributed by atoms with van der Waals surface area (Å²) >= 11 is 0. The maximum absolute atomic E-state index is 14.1. The topological polar surface area (TPSA) is 126 Å². The highest BCUT2D eigenvalue weighted by Crippen LogP contribution is 2.22. The molecule has 0 saturated carbocycles. The van der Waals surface area contributed by atoms with Crippen molar-refractivity contribution in [1.82, 2.24) is 19.1 Å². The number of Topliss-reactive ketones (excluding diaryl/α,β-unsaturated/α-hetero) is 1. The van der Waals surface area contributed by atoms with Gasteiger partial charge in [0.1, 0.15) is 11.3 Å². The zero-order valence-corrected chi connectivity index (χ0v) is 16.5. The summed E-state index contributed by atoms with van der Waals surface area (Å²) in [6, 6.07) is 8.70. The van der Waals surface area contributed by atoms with Gasteiger partial charge in [0.25, 0.3) is 5.91 Å². The van der Waals surface area contributed by atoms with Crippen LogP contribution in [-0.2, 0) is 13.1 Å². The molecule has 1 amide bonds. The van der Waals surface area contributed by atoms with E-state index in [2.05, 4.69) is 9.97 Å². The second kappa shape index (κ2) is 7.98. The molecule has 0 fully saturated rings. The number of aryl methyl sites for hydroxylation is 1. The molecule has 0 bridgehead atoms. The van der Waals surface area contributed by atoms with Gasteiger partial charge in [0.2, 0.25) is 0 Å². The van der Waals surface area contributed by atoms with Gasteiger partial charge in [-0.25, -0.2) is 19.2 Å². The van der Waals surface area contributed by atoms with Crippen molar-refractivity contribution in [3.63, 3.8) is 0 Å². The van der Waals surface area contributed by atoms with Crippen molar-refractivity contribution in [2.45, 2.75) is 26.4 Å². The molecule has 3 heterocycles. The molecule has 0 aliphatic rings. The molecule has 10 heteroatoms. The number of fused-ring (bicyclic) bond motifs is 1. The first-order chi connectivity index (χ1) is 14.9. The van der Waals surface area contributed by atoms with Gasteiger partial charge >= 0.3 is 5.69 Å². The highest BCUT2D eigenvalue weighted by molar-refractivity contribution is 6.03. The minimum absolute atomic E-state index is 0.0194. The summed E-state index contributed by atoms with van der Waals surface area (Å²) in [6.07, 6.45) is 2.01. The van der Waals surface area contributed by atoms with E-state index in [0.717, 1.165) is 10.6 Å². The van der Waals surface area contributed by atoms with E-state index in [1.807, 2.05) is 6.92 Å². The molecule has 4 rings (SSSR count). The molecule has 0 atom stereocenters. The van der Waals surface area contributed by atoms with E-state index in [1.54, 1.807) is 12.1 Å². The molecule has 0 saturated heterocycles. The first-order valence-corrected chi connectivity index (χ1v) is 9.54. The maximum Gasteiger partial charge on any atom is 0.330 e. The monoisotopic (exact) mass is 423 g/mol. The fourth-order valence-electron chi connectivity index (χ4n) is 3.39. The van der Waals surface area contributed by atoms with Gasteiger partial charge in [-0.3, -0.25) is 18.7 Å². The third-order valence-corrected chi connectivity index (χ3v) is 4.75. The van der Waals surface area contributed by atoms with Crippen LogP contribution >= 0.6 is 0 Å². The molecule has 3 aromatic heterocycles. The number of hydrogen-bond donors (Lipinski definition) is 1. The molecule has 158 valence electrons. The number of imidazole rings is 1. The largest absolute Gasteiger partial charge is 0.461 e. The number of halogens is 1. The number of nitrogens with zero attached hydrogens (tertiary/aromatic N) is 4. The number of furan rings is 1. The standard InChI is InChI=1S/C21H18FN5O4/c1-2-9-26-20-17(16(18(23)29)24-19(25-20)15-8-5-10-31-15)27(21(26)30)11-14(28)12-6-3-4-7-13(12)22/h3-8,10H,2,9,11H2,1H3,(H2,23,29). The lowest BCUT2D eigenvalue weighted by Crippen LogP contribution is -2.28. The highest BCUT2D eigenvalue weighted by atomic mass is 19.1. The van der Waals surface area contributed by atoms with E-state index in [-0.39, 0.29) is 40.6 Å². The number of nitrogens with two attached hydrogens (primary N) is 1. The molecule has 9 nitrogen and oxygen atoms in total. The molecule has 31 heavy (non-hydrogen) atoms. The Kier molecular flexibility index (Phi) is 5.20. The third kappa shape index (κ3) is 3.52. The lowest BCUT2D eigenvalue weighted by atomic mass is 10.1. The smallest absolute Gasteiger partial charge is 0.330 e. The Morgan fingerprint density at radius 2 is 1.90 bits per heavy atom. The van der Waals surface area contributed by atoms with Gasteiger partial charge in [0.15, 0.2) is 28.7 Å². The number of ketones is 1. The summed E-state index contributed by atoms with van der Waals surface area (Å²) < 4.78 is 21.8. The average Bonchev–Trinajstić information content (AvgIpc) is 3.37. The predicted molar refractivity (Wildman–Crippen MR) is 109 cm³/mol. The van der Waals surface area contributed by atoms with E-state index in [4.69, 9.17) is 10.2 Å². The van der Waals surface area contributed by atoms with Crippen LogP contribution in [0.3, 0.4) is 0 Å². The number of hydrogen-bond acceptors (Lipinski definition) is 6. The van der Waals surface area contributed by atoms with Crippen LogP contribution in [0.4, 0.5) is 4.39 Å². The number of amides is 1. The normalized spacial score (nSPS) is 11.2. The summed E-state index contributed by atoms with van der Waals surface area (Å²) in [6.45, 7) is 1.64. The summed E-state index contributed by atoms with van der Waals surface area (Å²) in [7, 11) is 0. The molecule has 0 aliphatic heterocycles. The number of carbonyl (C=O) groups is 2. The van der Waals surface area contributed by atoms with Crippen LogP contribution in [0.5, 0.6) is 0 Å². The second-order valence-corrected chi connectivity index (χ2v) is 6.83. The summed E-state index contributed by atoms with van der Waals surface area (Å²) in [5.74, 6) is -1.88. The van der Waals surface area contributed by atoms with E-state index in [0.29, 0.717) is 6.42 Å². The Morgan fingerprint density at radius 1 is 1.13 bits per heavy atom. The Bertz CT molecular complexity index is 1350. The average molecular weight is 423 g/mol. The van der Waals surface area contributed by atoms with E-state index < -0.39 is 29.7 Å². The molecule has 2 N–H and O–H groups in total. The SMILES string of the molecule is CCCn1c(=O)n(CC(=O)c2ccccc2F)c2c(C(N)=O)nc(-c3ccco3)nc21. The fraction of sp³-hybridized carbons (Fsp3) is 0.190. The molecule has 0 radical (unpaired) electrons. The highest BCUT2D eigenvalue weighted by Gasteiger charge is 2.25. The third-order valence-electron chi connectivity index (χ3n) is 4.75. The van der Waals surface area contributed by atoms with Gasteiger partial charge in [-0.15, -0.1) is 0 Å². The van der Waals surface area contributed by atoms with Crippen molar-refractivity contribution in [2.24, 2.45) is 5.73 Å². The number of aromatic nitrogens is 4. The van der Waals surface area contributed by atoms with Crippen LogP contribution in [-0.4, -0.2) is 30.8 Å². The number of benzene rings is 1. The minimum atomic E-state index is -0.902. The zero-order chi connectivity index (χ0) is 22.1. The zero-order valence-electron chi connectivity index (χ0n) is 16.5. The Hall–Kier alpha value is -4.08. The lowest BCUT2D eigenvalue weighted by molar-refractivity contribution is 0.0962. The predicted octanol–water partition coefficient (Wildman–Crippen LogP) is 2.38. The Morgan fingerprint density at radius 3 is 2.55 bits per heavy atom. The quantitative estimate of drug-likeness (QED) is 0.455. The molecular formula is C21H18FN5O4. The minimum Gasteiger partial charge on any atom is -0.461 e. The van der Waals surface area contributed by atoms with Crippen molar-refractivity contribution < 1.29 is 18.4 Å². The van der Waals surface area contributed by atoms with Gasteiger partial charge < -0.3 is 10.2 Å². The van der Waals surface area contributed by atoms with Gasteiger partial charge in [0, 0.05) is 6.54 Å². The van der Waals surface area contributed by atoms with Crippen molar-refractivity contribution in [3.05, 3.63) is 70.2 Å². The second-order valence-electron chi connectivity index (χ2n) is 6.83. The summed E-state index contributed by atoms with van der Waals surface area (Å²) in [4.78, 5) is 46.7. The van der Waals surface area contributed by atoms with Gasteiger partial charge in [-0.1, -0.05) is 19.1 Å². The Balaban J connectivity index is 1.96. The van der Waals surface area contributed by atoms with E-state index >= 15 is 0 Å². The fourth-order valence-corrected chi connectivity index (χ4v) is 3.39. The summed E-state index contributed by atoms with van der Waals surface area (Å²) in [5.41, 5.74) is 4.73. The first kappa shape index (κ1) is 20.2. The van der Waals surface area contributed by atoms with Crippen LogP contribution in [0.15, 0.2) is 51.9 Å². The van der Waals surface area contributed by atoms with Gasteiger partial charge in [-0.2, -0.15) is 0 Å². The van der Waals surface area contributed by atoms with Gasteiger partial charge in [-0.05, 0) is 30.7 Å². The van der Waals surface area contributed by atoms with Crippen molar-refractivity contribution >= 4 is 22.9 Å². The summed E-state index contributed by atoms with van der Waals surface area (Å²) in [5, 5.41) is 0. The Labute approximate surface area is 174 Å². The lowest BCUT2D eigenvalue weighted by Gasteiger charge is -2.07. The van der Waals surface area contributed by atoms with E-state index in [9.17, 15) is 18.8 Å². The number of carbonyl (C=O) groups excluding carboxylic acids is 2. The number of primary amides is 1. The van der Waals surface area contributed by atoms with Crippen molar-refractivity contribution in [1.29, 1.82) is 0 Å². The van der Waals surface area contributed by atoms with Crippen LogP contribution in [0.1, 0.15) is 34.2 Å². The van der Waals surface area contributed by atoms with E-state index in [1.165, 1.54) is 29.0 Å². The molecule has 4 aromatic rings. The molecular weight excluding hydrogens is 405 g/mol. The number of rotatable bonds is 7.